The van der Waals surface area contributed by atoms with Gasteiger partial charge in [0.25, 0.3) is 0 Å². The number of unbranched alkanes of at least 4 members (excludes halogenated alkanes) is 25. The molecule has 1 heterocycles. The van der Waals surface area contributed by atoms with Crippen LogP contribution in [0.2, 0.25) is 0 Å². The molecule has 13 nitrogen and oxygen atoms in total. The second-order valence-corrected chi connectivity index (χ2v) is 17.9. The molecule has 0 aromatic carbocycles. The van der Waals surface area contributed by atoms with Crippen LogP contribution in [-0.2, 0) is 28.9 Å². The Labute approximate surface area is 364 Å². The molecule has 0 aromatic heterocycles. The normalized spacial score (nSPS) is 21.5. The van der Waals surface area contributed by atoms with Gasteiger partial charge in [0.2, 0.25) is 5.91 Å². The molecule has 8 atom stereocenters. The Morgan fingerprint density at radius 2 is 1.10 bits per heavy atom. The van der Waals surface area contributed by atoms with Crippen molar-refractivity contribution in [1.82, 2.24) is 5.32 Å². The van der Waals surface area contributed by atoms with Crippen molar-refractivity contribution in [2.45, 2.75) is 249 Å². The average molecular weight is 878 g/mol. The van der Waals surface area contributed by atoms with Gasteiger partial charge >= 0.3 is 10.4 Å². The van der Waals surface area contributed by atoms with Gasteiger partial charge in [0.15, 0.2) is 6.29 Å². The summed E-state index contributed by atoms with van der Waals surface area (Å²) < 4.78 is 47.5. The average Bonchev–Trinajstić information content (AvgIpc) is 3.22. The van der Waals surface area contributed by atoms with E-state index in [2.05, 4.69) is 35.5 Å². The number of carbonyl (C=O) groups excluding carboxylic acids is 1. The number of allylic oxidation sites excluding steroid dienone is 3. The number of ether oxygens (including phenoxy) is 2. The maximum Gasteiger partial charge on any atom is 0.397 e. The predicted octanol–water partition coefficient (Wildman–Crippen LogP) is 8.30. The SMILES string of the molecule is CCCCCCCC/C=C\CCCCCCCCC(O)C(=O)NC(COC1OC(CO)C(O)C(OS(=O)(=O)O)C1O)C(O)/C=C/CCCCCCCCCCCCCCC. The van der Waals surface area contributed by atoms with E-state index in [9.17, 15) is 43.3 Å². The third kappa shape index (κ3) is 29.0. The first-order valence-electron chi connectivity index (χ1n) is 23.8. The summed E-state index contributed by atoms with van der Waals surface area (Å²) in [7, 11) is -5.12. The second kappa shape index (κ2) is 37.0. The van der Waals surface area contributed by atoms with Crippen molar-refractivity contribution >= 4 is 16.3 Å². The molecule has 0 radical (unpaired) electrons. The van der Waals surface area contributed by atoms with Gasteiger partial charge in [-0.15, -0.1) is 0 Å². The van der Waals surface area contributed by atoms with E-state index in [1.54, 1.807) is 0 Å². The van der Waals surface area contributed by atoms with E-state index in [0.717, 1.165) is 64.2 Å². The zero-order chi connectivity index (χ0) is 44.3. The second-order valence-electron chi connectivity index (χ2n) is 16.8. The number of carbonyl (C=O) groups is 1. The van der Waals surface area contributed by atoms with E-state index < -0.39 is 78.5 Å². The Balaban J connectivity index is 2.58. The van der Waals surface area contributed by atoms with Crippen LogP contribution in [0.1, 0.15) is 200 Å². The van der Waals surface area contributed by atoms with Crippen LogP contribution in [-0.4, -0.2) is 107 Å². The van der Waals surface area contributed by atoms with E-state index in [0.29, 0.717) is 12.8 Å². The lowest BCUT2D eigenvalue weighted by Crippen LogP contribution is -2.61. The van der Waals surface area contributed by atoms with Crippen molar-refractivity contribution in [3.63, 3.8) is 0 Å². The van der Waals surface area contributed by atoms with Crippen molar-refractivity contribution in [2.24, 2.45) is 0 Å². The Hall–Kier alpha value is -1.46. The molecular weight excluding hydrogens is 791 g/mol. The standard InChI is InChI=1S/C46H87NO12S/c1-3-5-7-9-11-13-15-17-19-21-23-25-27-29-31-33-35-40(50)45(53)47-38(37-57-46-43(52)44(59-60(54,55)56)42(51)41(36-48)58-46)39(49)34-32-30-28-26-24-22-20-18-16-14-12-10-8-6-4-2/h17,19,32,34,38-44,46,48-52H,3-16,18,20-31,33,35-37H2,1-2H3,(H,47,53)(H,54,55,56)/b19-17-,34-32+. The van der Waals surface area contributed by atoms with Crippen molar-refractivity contribution in [2.75, 3.05) is 13.2 Å². The minimum atomic E-state index is -5.12. The van der Waals surface area contributed by atoms with E-state index in [4.69, 9.17) is 9.47 Å². The van der Waals surface area contributed by atoms with E-state index in [-0.39, 0.29) is 6.42 Å². The first kappa shape index (κ1) is 56.6. The fourth-order valence-electron chi connectivity index (χ4n) is 7.51. The quantitative estimate of drug-likeness (QED) is 0.0176. The van der Waals surface area contributed by atoms with E-state index in [1.165, 1.54) is 109 Å². The van der Waals surface area contributed by atoms with Gasteiger partial charge < -0.3 is 40.3 Å². The lowest BCUT2D eigenvalue weighted by atomic mass is 9.99. The number of nitrogens with one attached hydrogen (secondary N) is 1. The monoisotopic (exact) mass is 878 g/mol. The summed E-state index contributed by atoms with van der Waals surface area (Å²) in [4.78, 5) is 13.1. The minimum Gasteiger partial charge on any atom is -0.394 e. The first-order chi connectivity index (χ1) is 28.9. The number of aliphatic hydroxyl groups is 5. The number of hydrogen-bond donors (Lipinski definition) is 7. The van der Waals surface area contributed by atoms with Crippen molar-refractivity contribution in [1.29, 1.82) is 0 Å². The topological polar surface area (TPSA) is 212 Å². The molecule has 1 aliphatic rings. The highest BCUT2D eigenvalue weighted by Gasteiger charge is 2.48. The molecular formula is C46H87NO12S. The molecule has 0 spiro atoms. The molecule has 1 amide bonds. The molecule has 354 valence electrons. The number of hydrogen-bond acceptors (Lipinski definition) is 11. The minimum absolute atomic E-state index is 0.237. The highest BCUT2D eigenvalue weighted by atomic mass is 32.3. The third-order valence-corrected chi connectivity index (χ3v) is 11.8. The summed E-state index contributed by atoms with van der Waals surface area (Å²) in [5.74, 6) is -0.707. The Bertz CT molecular complexity index is 1190. The molecule has 1 fully saturated rings. The van der Waals surface area contributed by atoms with Crippen LogP contribution in [0.3, 0.4) is 0 Å². The fourth-order valence-corrected chi connectivity index (χ4v) is 8.02. The van der Waals surface area contributed by atoms with E-state index in [1.807, 2.05) is 6.08 Å². The van der Waals surface area contributed by atoms with Crippen LogP contribution < -0.4 is 5.32 Å². The van der Waals surface area contributed by atoms with Crippen LogP contribution in [0, 0.1) is 0 Å². The van der Waals surface area contributed by atoms with Crippen molar-refractivity contribution < 1.29 is 57.0 Å². The van der Waals surface area contributed by atoms with Crippen LogP contribution >= 0.6 is 0 Å². The number of rotatable bonds is 40. The van der Waals surface area contributed by atoms with Gasteiger partial charge in [-0.25, -0.2) is 4.18 Å². The molecule has 1 aliphatic heterocycles. The smallest absolute Gasteiger partial charge is 0.394 e. The summed E-state index contributed by atoms with van der Waals surface area (Å²) in [6, 6.07) is -1.12. The maximum absolute atomic E-state index is 13.1. The van der Waals surface area contributed by atoms with Crippen LogP contribution in [0.15, 0.2) is 24.3 Å². The Morgan fingerprint density at radius 1 is 0.667 bits per heavy atom. The van der Waals surface area contributed by atoms with Crippen LogP contribution in [0.25, 0.3) is 0 Å². The predicted molar refractivity (Wildman–Crippen MR) is 238 cm³/mol. The number of amides is 1. The van der Waals surface area contributed by atoms with Gasteiger partial charge in [-0.3, -0.25) is 9.35 Å². The summed E-state index contributed by atoms with van der Waals surface area (Å²) in [6.45, 7) is 3.21. The van der Waals surface area contributed by atoms with Gasteiger partial charge in [-0.05, 0) is 44.9 Å². The summed E-state index contributed by atoms with van der Waals surface area (Å²) in [5.41, 5.74) is 0. The molecule has 14 heteroatoms. The molecule has 0 aromatic rings. The Kier molecular flexibility index (Phi) is 34.8. The lowest BCUT2D eigenvalue weighted by molar-refractivity contribution is -0.298. The molecule has 7 N–H and O–H groups in total. The Morgan fingerprint density at radius 3 is 1.55 bits per heavy atom. The van der Waals surface area contributed by atoms with Gasteiger partial charge in [0.05, 0.1) is 25.4 Å². The lowest BCUT2D eigenvalue weighted by Gasteiger charge is -2.41. The largest absolute Gasteiger partial charge is 0.397 e. The van der Waals surface area contributed by atoms with Crippen LogP contribution in [0.4, 0.5) is 0 Å². The highest BCUT2D eigenvalue weighted by molar-refractivity contribution is 7.80. The zero-order valence-electron chi connectivity index (χ0n) is 37.4. The highest BCUT2D eigenvalue weighted by Crippen LogP contribution is 2.26. The molecule has 1 rings (SSSR count). The molecule has 0 aliphatic carbocycles. The molecule has 8 unspecified atom stereocenters. The van der Waals surface area contributed by atoms with Gasteiger partial charge in [-0.1, -0.05) is 179 Å². The summed E-state index contributed by atoms with van der Waals surface area (Å²) >= 11 is 0. The maximum atomic E-state index is 13.1. The van der Waals surface area contributed by atoms with Crippen molar-refractivity contribution in [3.05, 3.63) is 24.3 Å². The molecule has 0 bridgehead atoms. The molecule has 0 saturated carbocycles. The van der Waals surface area contributed by atoms with Crippen LogP contribution in [0.5, 0.6) is 0 Å². The first-order valence-corrected chi connectivity index (χ1v) is 25.2. The third-order valence-electron chi connectivity index (χ3n) is 11.3. The van der Waals surface area contributed by atoms with Gasteiger partial charge in [-0.2, -0.15) is 8.42 Å². The number of aliphatic hydroxyl groups excluding tert-OH is 5. The van der Waals surface area contributed by atoms with Gasteiger partial charge in [0, 0.05) is 0 Å². The summed E-state index contributed by atoms with van der Waals surface area (Å²) in [5, 5.41) is 55.2. The van der Waals surface area contributed by atoms with Crippen molar-refractivity contribution in [3.8, 4) is 0 Å². The van der Waals surface area contributed by atoms with E-state index >= 15 is 0 Å². The fraction of sp³-hybridized carbons (Fsp3) is 0.891. The molecule has 1 saturated heterocycles. The summed E-state index contributed by atoms with van der Waals surface area (Å²) in [6.07, 6.45) is 29.7. The zero-order valence-corrected chi connectivity index (χ0v) is 38.2. The van der Waals surface area contributed by atoms with Gasteiger partial charge in [0.1, 0.15) is 30.5 Å². The molecule has 60 heavy (non-hydrogen) atoms.